The molecule has 0 unspecified atom stereocenters. The summed E-state index contributed by atoms with van der Waals surface area (Å²) in [6.45, 7) is 4.08. The van der Waals surface area contributed by atoms with Crippen LogP contribution in [0.3, 0.4) is 0 Å². The highest BCUT2D eigenvalue weighted by molar-refractivity contribution is 6.27. The van der Waals surface area contributed by atoms with Crippen LogP contribution in [-0.4, -0.2) is 19.9 Å². The summed E-state index contributed by atoms with van der Waals surface area (Å²) in [5.74, 6) is 0.460. The van der Waals surface area contributed by atoms with Gasteiger partial charge in [-0.3, -0.25) is 4.68 Å². The van der Waals surface area contributed by atoms with E-state index in [-0.39, 0.29) is 5.35 Å². The second-order valence-electron chi connectivity index (χ2n) is 3.17. The molecule has 14 heavy (non-hydrogen) atoms. The molecule has 0 atom stereocenters. The monoisotopic (exact) mass is 212 g/mol. The molecule has 6 heteroatoms. The Morgan fingerprint density at radius 3 is 2.79 bits per heavy atom. The zero-order valence-electron chi connectivity index (χ0n) is 7.81. The Hall–Kier alpha value is -1.36. The molecule has 74 valence electrons. The maximum atomic E-state index is 5.51. The summed E-state index contributed by atoms with van der Waals surface area (Å²) in [5, 5.41) is 7.88. The van der Waals surface area contributed by atoms with Gasteiger partial charge in [-0.1, -0.05) is 5.16 Å². The topological polar surface area (TPSA) is 56.7 Å². The number of hydrogen-bond donors (Lipinski definition) is 0. The number of nitrogens with zero attached hydrogens (tertiary/aromatic N) is 4. The summed E-state index contributed by atoms with van der Waals surface area (Å²) in [7, 11) is 0. The Balaban J connectivity index is 2.33. The third-order valence-corrected chi connectivity index (χ3v) is 1.94. The van der Waals surface area contributed by atoms with Crippen molar-refractivity contribution in [2.24, 2.45) is 0 Å². The first-order valence-electron chi connectivity index (χ1n) is 4.20. The zero-order valence-corrected chi connectivity index (χ0v) is 8.56. The van der Waals surface area contributed by atoms with Gasteiger partial charge in [-0.05, 0) is 25.4 Å². The van der Waals surface area contributed by atoms with Crippen molar-refractivity contribution in [3.8, 4) is 11.4 Å². The molecule has 2 heterocycles. The quantitative estimate of drug-likeness (QED) is 0.766. The van der Waals surface area contributed by atoms with E-state index in [1.165, 1.54) is 0 Å². The highest BCUT2D eigenvalue weighted by atomic mass is 35.5. The van der Waals surface area contributed by atoms with E-state index in [0.29, 0.717) is 11.9 Å². The van der Waals surface area contributed by atoms with Gasteiger partial charge in [0.25, 0.3) is 0 Å². The Kier molecular flexibility index (Phi) is 2.25. The van der Waals surface area contributed by atoms with Gasteiger partial charge in [0.1, 0.15) is 0 Å². The van der Waals surface area contributed by atoms with Crippen LogP contribution in [-0.2, 0) is 0 Å². The molecule has 0 fully saturated rings. The van der Waals surface area contributed by atoms with Gasteiger partial charge in [0, 0.05) is 12.2 Å². The molecule has 0 amide bonds. The van der Waals surface area contributed by atoms with Crippen molar-refractivity contribution in [1.29, 1.82) is 0 Å². The normalized spacial score (nSPS) is 11.1. The Morgan fingerprint density at radius 1 is 1.50 bits per heavy atom. The molecule has 0 N–H and O–H groups in total. The van der Waals surface area contributed by atoms with Crippen molar-refractivity contribution in [2.45, 2.75) is 19.9 Å². The second kappa shape index (κ2) is 3.42. The summed E-state index contributed by atoms with van der Waals surface area (Å²) in [5.41, 5.74) is 0.800. The van der Waals surface area contributed by atoms with E-state index in [9.17, 15) is 0 Å². The van der Waals surface area contributed by atoms with Crippen LogP contribution >= 0.6 is 11.6 Å². The lowest BCUT2D eigenvalue weighted by molar-refractivity contribution is 0.421. The molecule has 0 aromatic carbocycles. The maximum absolute atomic E-state index is 5.51. The number of aromatic nitrogens is 4. The molecule has 0 saturated heterocycles. The molecule has 2 aromatic heterocycles. The SMILES string of the molecule is CC(C)n1cc(-c2noc(Cl)n2)cn1. The first kappa shape index (κ1) is 9.21. The van der Waals surface area contributed by atoms with E-state index in [4.69, 9.17) is 11.6 Å². The molecule has 0 spiro atoms. The van der Waals surface area contributed by atoms with Gasteiger partial charge in [-0.15, -0.1) is 0 Å². The molecule has 0 saturated carbocycles. The van der Waals surface area contributed by atoms with E-state index in [1.807, 2.05) is 24.7 Å². The minimum Gasteiger partial charge on any atom is -0.321 e. The molecule has 5 nitrogen and oxygen atoms in total. The minimum atomic E-state index is 0.0392. The van der Waals surface area contributed by atoms with Crippen LogP contribution in [0.25, 0.3) is 11.4 Å². The van der Waals surface area contributed by atoms with Crippen molar-refractivity contribution in [2.75, 3.05) is 0 Å². The van der Waals surface area contributed by atoms with Crippen LogP contribution in [0.2, 0.25) is 5.35 Å². The van der Waals surface area contributed by atoms with Crippen molar-refractivity contribution >= 4 is 11.6 Å². The predicted octanol–water partition coefficient (Wildman–Crippen LogP) is 2.17. The minimum absolute atomic E-state index is 0.0392. The fourth-order valence-corrected chi connectivity index (χ4v) is 1.17. The van der Waals surface area contributed by atoms with Gasteiger partial charge in [0.2, 0.25) is 5.82 Å². The summed E-state index contributed by atoms with van der Waals surface area (Å²) < 4.78 is 6.47. The molecule has 0 aliphatic carbocycles. The van der Waals surface area contributed by atoms with Crippen LogP contribution in [0.5, 0.6) is 0 Å². The smallest absolute Gasteiger partial charge is 0.320 e. The molecule has 2 rings (SSSR count). The van der Waals surface area contributed by atoms with Crippen molar-refractivity contribution < 1.29 is 4.52 Å². The van der Waals surface area contributed by atoms with Gasteiger partial charge < -0.3 is 4.52 Å². The fraction of sp³-hybridized carbons (Fsp3) is 0.375. The summed E-state index contributed by atoms with van der Waals surface area (Å²) >= 11 is 5.51. The third kappa shape index (κ3) is 1.63. The maximum Gasteiger partial charge on any atom is 0.320 e. The molecule has 2 aromatic rings. The van der Waals surface area contributed by atoms with Crippen molar-refractivity contribution in [3.63, 3.8) is 0 Å². The number of hydrogen-bond acceptors (Lipinski definition) is 4. The molecule has 0 bridgehead atoms. The summed E-state index contributed by atoms with van der Waals surface area (Å²) in [4.78, 5) is 3.89. The molecular weight excluding hydrogens is 204 g/mol. The highest BCUT2D eigenvalue weighted by Crippen LogP contribution is 2.17. The largest absolute Gasteiger partial charge is 0.321 e. The van der Waals surface area contributed by atoms with Crippen molar-refractivity contribution in [1.82, 2.24) is 19.9 Å². The number of rotatable bonds is 2. The van der Waals surface area contributed by atoms with Gasteiger partial charge in [-0.25, -0.2) is 0 Å². The Labute approximate surface area is 85.7 Å². The molecule has 0 radical (unpaired) electrons. The van der Waals surface area contributed by atoms with Gasteiger partial charge >= 0.3 is 5.35 Å². The molecule has 0 aliphatic rings. The van der Waals surface area contributed by atoms with Crippen LogP contribution in [0.15, 0.2) is 16.9 Å². The molecular formula is C8H9ClN4O. The van der Waals surface area contributed by atoms with E-state index >= 15 is 0 Å². The van der Waals surface area contributed by atoms with Crippen molar-refractivity contribution in [3.05, 3.63) is 17.7 Å². The molecule has 0 aliphatic heterocycles. The first-order valence-corrected chi connectivity index (χ1v) is 4.58. The van der Waals surface area contributed by atoms with E-state index in [1.54, 1.807) is 6.20 Å². The van der Waals surface area contributed by atoms with Gasteiger partial charge in [-0.2, -0.15) is 10.1 Å². The fourth-order valence-electron chi connectivity index (χ4n) is 1.06. The first-order chi connectivity index (χ1) is 6.66. The van der Waals surface area contributed by atoms with Gasteiger partial charge in [0.05, 0.1) is 11.8 Å². The standard InChI is InChI=1S/C8H9ClN4O/c1-5(2)13-4-6(3-10-13)7-11-8(9)14-12-7/h3-5H,1-2H3. The van der Waals surface area contributed by atoms with Crippen LogP contribution in [0, 0.1) is 0 Å². The number of halogens is 1. The zero-order chi connectivity index (χ0) is 10.1. The van der Waals surface area contributed by atoms with Crippen LogP contribution < -0.4 is 0 Å². The third-order valence-electron chi connectivity index (χ3n) is 1.79. The highest BCUT2D eigenvalue weighted by Gasteiger charge is 2.09. The van der Waals surface area contributed by atoms with E-state index < -0.39 is 0 Å². The van der Waals surface area contributed by atoms with Gasteiger partial charge in [0.15, 0.2) is 0 Å². The van der Waals surface area contributed by atoms with E-state index in [2.05, 4.69) is 19.8 Å². The van der Waals surface area contributed by atoms with Crippen LogP contribution in [0.4, 0.5) is 0 Å². The predicted molar refractivity (Wildman–Crippen MR) is 50.9 cm³/mol. The average Bonchev–Trinajstić information content (AvgIpc) is 2.70. The summed E-state index contributed by atoms with van der Waals surface area (Å²) in [6.07, 6.45) is 3.53. The second-order valence-corrected chi connectivity index (χ2v) is 3.50. The Bertz CT molecular complexity index is 434. The Morgan fingerprint density at radius 2 is 2.29 bits per heavy atom. The van der Waals surface area contributed by atoms with E-state index in [0.717, 1.165) is 5.56 Å². The lowest BCUT2D eigenvalue weighted by Gasteiger charge is -2.02. The average molecular weight is 213 g/mol. The summed E-state index contributed by atoms with van der Waals surface area (Å²) in [6, 6.07) is 0.311. The lowest BCUT2D eigenvalue weighted by Crippen LogP contribution is -1.99. The van der Waals surface area contributed by atoms with Crippen LogP contribution in [0.1, 0.15) is 19.9 Å². The lowest BCUT2D eigenvalue weighted by atomic mass is 10.3.